The molecule has 3 fully saturated rings. The summed E-state index contributed by atoms with van der Waals surface area (Å²) in [5.74, 6) is -0.0219. The minimum atomic E-state index is -1.20. The Morgan fingerprint density at radius 3 is 2.29 bits per heavy atom. The standard InChI is InChI=1S/C25H27N3O5S/c1-33-19-8-4-17(5-9-19)25(16-22(30)28(24(25)32)18-6-7-18)15-21(29)26-10-12-27(13-11-26)23(31)20-3-2-14-34-20/h2-5,8-9,14,18H,6-7,10-13,15-16H2,1H3. The number of thiophene rings is 1. The van der Waals surface area contributed by atoms with Gasteiger partial charge >= 0.3 is 0 Å². The number of amides is 4. The van der Waals surface area contributed by atoms with Crippen LogP contribution in [-0.4, -0.2) is 77.7 Å². The summed E-state index contributed by atoms with van der Waals surface area (Å²) >= 11 is 1.41. The van der Waals surface area contributed by atoms with Crippen LogP contribution in [0.2, 0.25) is 0 Å². The number of carbonyl (C=O) groups excluding carboxylic acids is 4. The first kappa shape index (κ1) is 22.6. The highest BCUT2D eigenvalue weighted by atomic mass is 32.1. The smallest absolute Gasteiger partial charge is 0.264 e. The van der Waals surface area contributed by atoms with Crippen LogP contribution < -0.4 is 4.74 Å². The minimum absolute atomic E-state index is 0.00275. The number of hydrogen-bond donors (Lipinski definition) is 0. The Labute approximate surface area is 202 Å². The number of piperazine rings is 1. The Balaban J connectivity index is 1.34. The largest absolute Gasteiger partial charge is 0.497 e. The molecule has 1 aromatic heterocycles. The number of ether oxygens (including phenoxy) is 1. The SMILES string of the molecule is COc1ccc(C2(CC(=O)N3CCN(C(=O)c4cccs4)CC3)CC(=O)N(C3CC3)C2=O)cc1. The molecule has 2 saturated heterocycles. The lowest BCUT2D eigenvalue weighted by Crippen LogP contribution is -2.52. The number of likely N-dealkylation sites (tertiary alicyclic amines) is 1. The third kappa shape index (κ3) is 3.98. The lowest BCUT2D eigenvalue weighted by Gasteiger charge is -2.36. The molecular formula is C25H27N3O5S. The highest BCUT2D eigenvalue weighted by molar-refractivity contribution is 7.12. The Morgan fingerprint density at radius 1 is 1.03 bits per heavy atom. The molecule has 1 saturated carbocycles. The van der Waals surface area contributed by atoms with Gasteiger partial charge in [0.1, 0.15) is 5.75 Å². The quantitative estimate of drug-likeness (QED) is 0.591. The van der Waals surface area contributed by atoms with Crippen LogP contribution in [-0.2, 0) is 19.8 Å². The fraction of sp³-hybridized carbons (Fsp3) is 0.440. The van der Waals surface area contributed by atoms with Crippen LogP contribution in [0.25, 0.3) is 0 Å². The fourth-order valence-corrected chi connectivity index (χ4v) is 5.62. The van der Waals surface area contributed by atoms with Gasteiger partial charge in [0, 0.05) is 45.1 Å². The summed E-state index contributed by atoms with van der Waals surface area (Å²) in [5.41, 5.74) is -0.540. The molecule has 1 aliphatic carbocycles. The summed E-state index contributed by atoms with van der Waals surface area (Å²) < 4.78 is 5.25. The molecule has 2 aromatic rings. The van der Waals surface area contributed by atoms with E-state index in [1.165, 1.54) is 16.2 Å². The van der Waals surface area contributed by atoms with Gasteiger partial charge in [-0.15, -0.1) is 11.3 Å². The number of hydrogen-bond acceptors (Lipinski definition) is 6. The van der Waals surface area contributed by atoms with E-state index in [0.717, 1.165) is 12.8 Å². The summed E-state index contributed by atoms with van der Waals surface area (Å²) in [6.45, 7) is 1.70. The predicted molar refractivity (Wildman–Crippen MR) is 126 cm³/mol. The summed E-state index contributed by atoms with van der Waals surface area (Å²) in [7, 11) is 1.57. The van der Waals surface area contributed by atoms with Gasteiger partial charge in [-0.2, -0.15) is 0 Å². The summed E-state index contributed by atoms with van der Waals surface area (Å²) in [6, 6.07) is 10.7. The van der Waals surface area contributed by atoms with Gasteiger partial charge in [0.25, 0.3) is 5.91 Å². The fourth-order valence-electron chi connectivity index (χ4n) is 4.93. The molecule has 34 heavy (non-hydrogen) atoms. The third-order valence-corrected chi connectivity index (χ3v) is 7.87. The van der Waals surface area contributed by atoms with Crippen LogP contribution in [0.4, 0.5) is 0 Å². The van der Waals surface area contributed by atoms with E-state index < -0.39 is 5.41 Å². The third-order valence-electron chi connectivity index (χ3n) is 7.01. The molecule has 8 nitrogen and oxygen atoms in total. The molecule has 5 rings (SSSR count). The van der Waals surface area contributed by atoms with E-state index in [4.69, 9.17) is 4.74 Å². The Kier molecular flexibility index (Phi) is 5.89. The summed E-state index contributed by atoms with van der Waals surface area (Å²) in [4.78, 5) is 58.1. The van der Waals surface area contributed by atoms with Crippen molar-refractivity contribution in [1.29, 1.82) is 0 Å². The average Bonchev–Trinajstić information content (AvgIpc) is 3.46. The van der Waals surface area contributed by atoms with Crippen LogP contribution in [0, 0.1) is 0 Å². The maximum atomic E-state index is 13.6. The average molecular weight is 482 g/mol. The van der Waals surface area contributed by atoms with Gasteiger partial charge in [-0.1, -0.05) is 18.2 Å². The molecule has 3 heterocycles. The molecule has 0 N–H and O–H groups in total. The molecular weight excluding hydrogens is 454 g/mol. The van der Waals surface area contributed by atoms with Crippen molar-refractivity contribution in [2.24, 2.45) is 0 Å². The second kappa shape index (κ2) is 8.87. The molecule has 1 unspecified atom stereocenters. The van der Waals surface area contributed by atoms with Crippen molar-refractivity contribution in [2.45, 2.75) is 37.1 Å². The zero-order valence-corrected chi connectivity index (χ0v) is 19.9. The number of carbonyl (C=O) groups is 4. The van der Waals surface area contributed by atoms with Crippen LogP contribution in [0.3, 0.4) is 0 Å². The maximum Gasteiger partial charge on any atom is 0.264 e. The molecule has 1 atom stereocenters. The molecule has 178 valence electrons. The van der Waals surface area contributed by atoms with E-state index in [9.17, 15) is 19.2 Å². The monoisotopic (exact) mass is 481 g/mol. The van der Waals surface area contributed by atoms with Crippen molar-refractivity contribution in [1.82, 2.24) is 14.7 Å². The van der Waals surface area contributed by atoms with Gasteiger partial charge in [-0.3, -0.25) is 24.1 Å². The van der Waals surface area contributed by atoms with Gasteiger partial charge in [-0.05, 0) is 42.0 Å². The van der Waals surface area contributed by atoms with Crippen molar-refractivity contribution in [3.05, 3.63) is 52.2 Å². The van der Waals surface area contributed by atoms with Gasteiger partial charge in [0.15, 0.2) is 0 Å². The first-order chi connectivity index (χ1) is 16.4. The maximum absolute atomic E-state index is 13.6. The van der Waals surface area contributed by atoms with E-state index >= 15 is 0 Å². The molecule has 9 heteroatoms. The van der Waals surface area contributed by atoms with Gasteiger partial charge in [-0.25, -0.2) is 0 Å². The van der Waals surface area contributed by atoms with Crippen molar-refractivity contribution >= 4 is 35.0 Å². The van der Waals surface area contributed by atoms with Gasteiger partial charge < -0.3 is 14.5 Å². The number of imide groups is 1. The highest BCUT2D eigenvalue weighted by Crippen LogP contribution is 2.44. The van der Waals surface area contributed by atoms with E-state index in [1.807, 2.05) is 11.4 Å². The van der Waals surface area contributed by atoms with Crippen LogP contribution in [0.15, 0.2) is 41.8 Å². The normalized spacial score (nSPS) is 22.9. The van der Waals surface area contributed by atoms with Crippen molar-refractivity contribution in [3.63, 3.8) is 0 Å². The zero-order valence-electron chi connectivity index (χ0n) is 19.1. The summed E-state index contributed by atoms with van der Waals surface area (Å²) in [6.07, 6.45) is 1.58. The van der Waals surface area contributed by atoms with Crippen LogP contribution in [0.5, 0.6) is 5.75 Å². The van der Waals surface area contributed by atoms with Crippen molar-refractivity contribution < 1.29 is 23.9 Å². The lowest BCUT2D eigenvalue weighted by molar-refractivity contribution is -0.143. The Bertz CT molecular complexity index is 1100. The zero-order chi connectivity index (χ0) is 23.9. The first-order valence-electron chi connectivity index (χ1n) is 11.5. The minimum Gasteiger partial charge on any atom is -0.497 e. The summed E-state index contributed by atoms with van der Waals surface area (Å²) in [5, 5.41) is 1.87. The molecule has 0 radical (unpaired) electrons. The predicted octanol–water partition coefficient (Wildman–Crippen LogP) is 2.29. The van der Waals surface area contributed by atoms with E-state index in [0.29, 0.717) is 42.4 Å². The molecule has 0 bridgehead atoms. The Morgan fingerprint density at radius 2 is 1.71 bits per heavy atom. The molecule has 1 aromatic carbocycles. The highest BCUT2D eigenvalue weighted by Gasteiger charge is 2.57. The van der Waals surface area contributed by atoms with Crippen LogP contribution >= 0.6 is 11.3 Å². The number of methoxy groups -OCH3 is 1. The van der Waals surface area contributed by atoms with Crippen molar-refractivity contribution in [3.8, 4) is 5.75 Å². The topological polar surface area (TPSA) is 87.2 Å². The second-order valence-corrected chi connectivity index (χ2v) is 10.1. The second-order valence-electron chi connectivity index (χ2n) is 9.11. The van der Waals surface area contributed by atoms with E-state index in [2.05, 4.69) is 0 Å². The first-order valence-corrected chi connectivity index (χ1v) is 12.4. The number of rotatable bonds is 6. The van der Waals surface area contributed by atoms with E-state index in [1.54, 1.807) is 47.2 Å². The number of nitrogens with zero attached hydrogens (tertiary/aromatic N) is 3. The van der Waals surface area contributed by atoms with Crippen molar-refractivity contribution in [2.75, 3.05) is 33.3 Å². The van der Waals surface area contributed by atoms with Gasteiger partial charge in [0.05, 0.1) is 17.4 Å². The van der Waals surface area contributed by atoms with Gasteiger partial charge in [0.2, 0.25) is 17.7 Å². The van der Waals surface area contributed by atoms with Crippen LogP contribution in [0.1, 0.15) is 40.9 Å². The Hall–Kier alpha value is -3.20. The molecule has 3 aliphatic rings. The van der Waals surface area contributed by atoms with E-state index in [-0.39, 0.29) is 42.5 Å². The molecule has 0 spiro atoms. The lowest BCUT2D eigenvalue weighted by atomic mass is 9.75. The molecule has 4 amide bonds. The molecule has 2 aliphatic heterocycles. The number of benzene rings is 1.